The standard InChI is InChI=1S/C13H14N4/c1-11-10-13(17(16-11)9-5-8-14)15-12-6-3-2-4-7-12/h2-4,6-7,10,15H,5,9H2,1H3. The number of aryl methyl sites for hydroxylation is 2. The Morgan fingerprint density at radius 3 is 2.82 bits per heavy atom. The Hall–Kier alpha value is -2.28. The molecule has 4 heteroatoms. The Balaban J connectivity index is 2.18. The van der Waals surface area contributed by atoms with Gasteiger partial charge in [0.25, 0.3) is 0 Å². The third-order valence-electron chi connectivity index (χ3n) is 2.38. The first kappa shape index (κ1) is 11.2. The molecule has 0 saturated carbocycles. The smallest absolute Gasteiger partial charge is 0.128 e. The van der Waals surface area contributed by atoms with E-state index in [4.69, 9.17) is 5.26 Å². The summed E-state index contributed by atoms with van der Waals surface area (Å²) in [5.74, 6) is 0.920. The van der Waals surface area contributed by atoms with Crippen molar-refractivity contribution >= 4 is 11.5 Å². The van der Waals surface area contributed by atoms with Crippen molar-refractivity contribution in [2.24, 2.45) is 0 Å². The van der Waals surface area contributed by atoms with Crippen molar-refractivity contribution < 1.29 is 0 Å². The van der Waals surface area contributed by atoms with Crippen molar-refractivity contribution in [1.29, 1.82) is 5.26 Å². The lowest BCUT2D eigenvalue weighted by molar-refractivity contribution is 0.630. The summed E-state index contributed by atoms with van der Waals surface area (Å²) in [6, 6.07) is 14.0. The van der Waals surface area contributed by atoms with E-state index >= 15 is 0 Å². The van der Waals surface area contributed by atoms with Crippen LogP contribution in [0.15, 0.2) is 36.4 Å². The maximum absolute atomic E-state index is 8.60. The number of aromatic nitrogens is 2. The van der Waals surface area contributed by atoms with E-state index in [9.17, 15) is 0 Å². The van der Waals surface area contributed by atoms with Gasteiger partial charge < -0.3 is 5.32 Å². The van der Waals surface area contributed by atoms with Gasteiger partial charge in [-0.3, -0.25) is 0 Å². The summed E-state index contributed by atoms with van der Waals surface area (Å²) in [6.45, 7) is 2.55. The second-order valence-electron chi connectivity index (χ2n) is 3.79. The lowest BCUT2D eigenvalue weighted by atomic mass is 10.3. The van der Waals surface area contributed by atoms with Crippen LogP contribution in [0.4, 0.5) is 11.5 Å². The Kier molecular flexibility index (Phi) is 3.41. The van der Waals surface area contributed by atoms with Gasteiger partial charge in [0, 0.05) is 11.8 Å². The van der Waals surface area contributed by atoms with Crippen molar-refractivity contribution in [3.8, 4) is 6.07 Å². The first-order valence-corrected chi connectivity index (χ1v) is 5.53. The number of anilines is 2. The third kappa shape index (κ3) is 2.85. The molecule has 1 aromatic carbocycles. The van der Waals surface area contributed by atoms with E-state index in [1.54, 1.807) is 0 Å². The predicted molar refractivity (Wildman–Crippen MR) is 66.9 cm³/mol. The monoisotopic (exact) mass is 226 g/mol. The fourth-order valence-electron chi connectivity index (χ4n) is 1.64. The second-order valence-corrected chi connectivity index (χ2v) is 3.79. The van der Waals surface area contributed by atoms with Crippen molar-refractivity contribution in [2.45, 2.75) is 19.9 Å². The maximum Gasteiger partial charge on any atom is 0.128 e. The zero-order valence-electron chi connectivity index (χ0n) is 9.72. The van der Waals surface area contributed by atoms with Crippen molar-refractivity contribution in [1.82, 2.24) is 9.78 Å². The van der Waals surface area contributed by atoms with Crippen LogP contribution in [-0.4, -0.2) is 9.78 Å². The number of benzene rings is 1. The summed E-state index contributed by atoms with van der Waals surface area (Å²) in [7, 11) is 0. The van der Waals surface area contributed by atoms with Crippen LogP contribution in [0.1, 0.15) is 12.1 Å². The molecular weight excluding hydrogens is 212 g/mol. The number of nitriles is 1. The van der Waals surface area contributed by atoms with Crippen LogP contribution in [0.2, 0.25) is 0 Å². The Morgan fingerprint density at radius 1 is 1.35 bits per heavy atom. The fraction of sp³-hybridized carbons (Fsp3) is 0.231. The molecule has 0 aliphatic carbocycles. The van der Waals surface area contributed by atoms with Crippen molar-refractivity contribution in [3.05, 3.63) is 42.1 Å². The molecule has 0 saturated heterocycles. The molecule has 0 fully saturated rings. The summed E-state index contributed by atoms with van der Waals surface area (Å²) < 4.78 is 1.82. The summed E-state index contributed by atoms with van der Waals surface area (Å²) >= 11 is 0. The van der Waals surface area contributed by atoms with Gasteiger partial charge in [-0.1, -0.05) is 18.2 Å². The minimum Gasteiger partial charge on any atom is -0.340 e. The molecule has 0 aliphatic heterocycles. The molecule has 2 aromatic rings. The molecule has 0 atom stereocenters. The van der Waals surface area contributed by atoms with Gasteiger partial charge in [-0.15, -0.1) is 0 Å². The molecule has 0 bridgehead atoms. The average molecular weight is 226 g/mol. The van der Waals surface area contributed by atoms with Crippen LogP contribution in [-0.2, 0) is 6.54 Å². The molecule has 4 nitrogen and oxygen atoms in total. The zero-order valence-corrected chi connectivity index (χ0v) is 9.72. The third-order valence-corrected chi connectivity index (χ3v) is 2.38. The van der Waals surface area contributed by atoms with E-state index < -0.39 is 0 Å². The van der Waals surface area contributed by atoms with Gasteiger partial charge in [-0.25, -0.2) is 4.68 Å². The first-order chi connectivity index (χ1) is 8.29. The number of para-hydroxylation sites is 1. The van der Waals surface area contributed by atoms with Crippen LogP contribution < -0.4 is 5.32 Å². The van der Waals surface area contributed by atoms with E-state index in [2.05, 4.69) is 16.5 Å². The number of rotatable bonds is 4. The first-order valence-electron chi connectivity index (χ1n) is 5.53. The molecule has 86 valence electrons. The fourth-order valence-corrected chi connectivity index (χ4v) is 1.64. The minimum atomic E-state index is 0.463. The van der Waals surface area contributed by atoms with Gasteiger partial charge in [0.05, 0.1) is 24.7 Å². The lowest BCUT2D eigenvalue weighted by Crippen LogP contribution is -2.04. The van der Waals surface area contributed by atoms with E-state index in [-0.39, 0.29) is 0 Å². The van der Waals surface area contributed by atoms with E-state index in [0.29, 0.717) is 13.0 Å². The molecule has 2 rings (SSSR count). The van der Waals surface area contributed by atoms with Crippen LogP contribution in [0, 0.1) is 18.3 Å². The van der Waals surface area contributed by atoms with Gasteiger partial charge in [0.1, 0.15) is 5.82 Å². The summed E-state index contributed by atoms with van der Waals surface area (Å²) in [5, 5.41) is 16.2. The number of hydrogen-bond acceptors (Lipinski definition) is 3. The highest BCUT2D eigenvalue weighted by atomic mass is 15.3. The zero-order chi connectivity index (χ0) is 12.1. The molecule has 1 heterocycles. The molecule has 17 heavy (non-hydrogen) atoms. The van der Waals surface area contributed by atoms with Gasteiger partial charge in [-0.05, 0) is 19.1 Å². The van der Waals surface area contributed by atoms with Crippen molar-refractivity contribution in [3.63, 3.8) is 0 Å². The quantitative estimate of drug-likeness (QED) is 0.872. The van der Waals surface area contributed by atoms with Crippen molar-refractivity contribution in [2.75, 3.05) is 5.32 Å². The Bertz CT molecular complexity index is 522. The highest BCUT2D eigenvalue weighted by molar-refractivity contribution is 5.56. The SMILES string of the molecule is Cc1cc(Nc2ccccc2)n(CCC#N)n1. The lowest BCUT2D eigenvalue weighted by Gasteiger charge is -2.07. The summed E-state index contributed by atoms with van der Waals surface area (Å²) in [6.07, 6.45) is 0.463. The second kappa shape index (κ2) is 5.17. The molecule has 0 aliphatic rings. The van der Waals surface area contributed by atoms with Crippen LogP contribution >= 0.6 is 0 Å². The number of hydrogen-bond donors (Lipinski definition) is 1. The number of nitrogens with zero attached hydrogens (tertiary/aromatic N) is 3. The molecule has 0 amide bonds. The van der Waals surface area contributed by atoms with Crippen LogP contribution in [0.5, 0.6) is 0 Å². The predicted octanol–water partition coefficient (Wildman–Crippen LogP) is 2.85. The molecule has 0 radical (unpaired) electrons. The Morgan fingerprint density at radius 2 is 2.12 bits per heavy atom. The highest BCUT2D eigenvalue weighted by Crippen LogP contribution is 2.17. The maximum atomic E-state index is 8.60. The Labute approximate surface area is 100 Å². The molecule has 1 aromatic heterocycles. The number of nitrogens with one attached hydrogen (secondary N) is 1. The van der Waals surface area contributed by atoms with E-state index in [1.165, 1.54) is 0 Å². The van der Waals surface area contributed by atoms with Crippen LogP contribution in [0.25, 0.3) is 0 Å². The molecular formula is C13H14N4. The summed E-state index contributed by atoms with van der Waals surface area (Å²) in [4.78, 5) is 0. The summed E-state index contributed by atoms with van der Waals surface area (Å²) in [5.41, 5.74) is 1.96. The van der Waals surface area contributed by atoms with Crippen LogP contribution in [0.3, 0.4) is 0 Å². The van der Waals surface area contributed by atoms with E-state index in [0.717, 1.165) is 17.2 Å². The minimum absolute atomic E-state index is 0.463. The van der Waals surface area contributed by atoms with Gasteiger partial charge in [0.15, 0.2) is 0 Å². The van der Waals surface area contributed by atoms with Gasteiger partial charge >= 0.3 is 0 Å². The average Bonchev–Trinajstić information content (AvgIpc) is 2.68. The van der Waals surface area contributed by atoms with E-state index in [1.807, 2.05) is 48.0 Å². The topological polar surface area (TPSA) is 53.6 Å². The largest absolute Gasteiger partial charge is 0.340 e. The molecule has 0 unspecified atom stereocenters. The normalized spacial score (nSPS) is 9.88. The molecule has 0 spiro atoms. The highest BCUT2D eigenvalue weighted by Gasteiger charge is 2.04. The van der Waals surface area contributed by atoms with Gasteiger partial charge in [-0.2, -0.15) is 10.4 Å². The van der Waals surface area contributed by atoms with Gasteiger partial charge in [0.2, 0.25) is 0 Å². The molecule has 1 N–H and O–H groups in total.